The van der Waals surface area contributed by atoms with E-state index in [0.29, 0.717) is 0 Å². The molecule has 102 valence electrons. The van der Waals surface area contributed by atoms with Gasteiger partial charge in [-0.15, -0.1) is 0 Å². The van der Waals surface area contributed by atoms with E-state index in [0.717, 1.165) is 12.3 Å². The fourth-order valence-electron chi connectivity index (χ4n) is 1.27. The molecular formula is C8H10Cl2N2O4S2. The highest BCUT2D eigenvalue weighted by Crippen LogP contribution is 2.37. The fourth-order valence-corrected chi connectivity index (χ4v) is 3.45. The summed E-state index contributed by atoms with van der Waals surface area (Å²) in [5, 5.41) is 4.72. The lowest BCUT2D eigenvalue weighted by Crippen LogP contribution is -2.16. The molecule has 0 atom stereocenters. The first-order valence-corrected chi connectivity index (χ1v) is 8.62. The molecule has 0 heterocycles. The van der Waals surface area contributed by atoms with Gasteiger partial charge in [0.25, 0.3) is 0 Å². The molecule has 1 aromatic carbocycles. The van der Waals surface area contributed by atoms with Crippen LogP contribution in [0.3, 0.4) is 0 Å². The minimum atomic E-state index is -3.99. The molecule has 6 nitrogen and oxygen atoms in total. The van der Waals surface area contributed by atoms with Crippen LogP contribution < -0.4 is 9.86 Å². The van der Waals surface area contributed by atoms with Crippen molar-refractivity contribution in [3.63, 3.8) is 0 Å². The van der Waals surface area contributed by atoms with Crippen molar-refractivity contribution in [3.05, 3.63) is 21.7 Å². The zero-order valence-electron chi connectivity index (χ0n) is 9.36. The molecule has 0 saturated carbocycles. The molecule has 0 aliphatic heterocycles. The molecule has 3 N–H and O–H groups in total. The van der Waals surface area contributed by atoms with Crippen LogP contribution >= 0.6 is 23.2 Å². The second-order valence-corrected chi connectivity index (χ2v) is 7.65. The van der Waals surface area contributed by atoms with Crippen LogP contribution in [0.5, 0.6) is 0 Å². The van der Waals surface area contributed by atoms with Gasteiger partial charge in [-0.2, -0.15) is 0 Å². The number of halogens is 2. The van der Waals surface area contributed by atoms with Crippen LogP contribution in [0.2, 0.25) is 10.0 Å². The van der Waals surface area contributed by atoms with Crippen molar-refractivity contribution in [1.29, 1.82) is 0 Å². The number of hydrogen-bond acceptors (Lipinski definition) is 4. The Morgan fingerprint density at radius 1 is 1.22 bits per heavy atom. The molecular weight excluding hydrogens is 323 g/mol. The molecule has 0 fully saturated rings. The zero-order valence-corrected chi connectivity index (χ0v) is 12.5. The van der Waals surface area contributed by atoms with Gasteiger partial charge in [0.1, 0.15) is 0 Å². The van der Waals surface area contributed by atoms with Crippen molar-refractivity contribution in [2.45, 2.75) is 11.8 Å². The Morgan fingerprint density at radius 3 is 2.11 bits per heavy atom. The van der Waals surface area contributed by atoms with Gasteiger partial charge in [0, 0.05) is 0 Å². The standard InChI is InChI=1S/C8H10Cl2N2O4S2/c1-4-6(18(11,15)16)3-5(9)8(7(4)10)12-17(2,13)14/h3,12H,1-2H3,(H2,11,15,16). The number of nitrogens with one attached hydrogen (secondary N) is 1. The monoisotopic (exact) mass is 332 g/mol. The second kappa shape index (κ2) is 4.86. The summed E-state index contributed by atoms with van der Waals surface area (Å²) in [6.07, 6.45) is 0.919. The predicted molar refractivity (Wildman–Crippen MR) is 71.0 cm³/mol. The van der Waals surface area contributed by atoms with E-state index in [2.05, 4.69) is 4.72 Å². The lowest BCUT2D eigenvalue weighted by atomic mass is 10.2. The van der Waals surface area contributed by atoms with Gasteiger partial charge < -0.3 is 0 Å². The van der Waals surface area contributed by atoms with Crippen LogP contribution in [0.1, 0.15) is 5.56 Å². The van der Waals surface area contributed by atoms with E-state index < -0.39 is 20.0 Å². The van der Waals surface area contributed by atoms with Gasteiger partial charge in [0.15, 0.2) is 0 Å². The Labute approximate surface area is 115 Å². The van der Waals surface area contributed by atoms with E-state index in [-0.39, 0.29) is 26.2 Å². The van der Waals surface area contributed by atoms with E-state index in [1.54, 1.807) is 0 Å². The first-order chi connectivity index (χ1) is 7.93. The first kappa shape index (κ1) is 15.5. The number of sulfonamides is 2. The highest BCUT2D eigenvalue weighted by atomic mass is 35.5. The van der Waals surface area contributed by atoms with Crippen molar-refractivity contribution in [2.24, 2.45) is 5.14 Å². The van der Waals surface area contributed by atoms with E-state index in [4.69, 9.17) is 28.3 Å². The summed E-state index contributed by atoms with van der Waals surface area (Å²) in [4.78, 5) is -0.253. The van der Waals surface area contributed by atoms with Crippen molar-refractivity contribution in [2.75, 3.05) is 11.0 Å². The van der Waals surface area contributed by atoms with Crippen LogP contribution in [0.4, 0.5) is 5.69 Å². The van der Waals surface area contributed by atoms with Gasteiger partial charge in [-0.1, -0.05) is 23.2 Å². The third-order valence-electron chi connectivity index (χ3n) is 2.01. The molecule has 0 unspecified atom stereocenters. The molecule has 10 heteroatoms. The maximum Gasteiger partial charge on any atom is 0.238 e. The SMILES string of the molecule is Cc1c(S(N)(=O)=O)cc(Cl)c(NS(C)(=O)=O)c1Cl. The van der Waals surface area contributed by atoms with Gasteiger partial charge in [0.2, 0.25) is 20.0 Å². The van der Waals surface area contributed by atoms with Crippen LogP contribution in [0.25, 0.3) is 0 Å². The molecule has 0 aliphatic rings. The van der Waals surface area contributed by atoms with Crippen LogP contribution in [-0.4, -0.2) is 23.1 Å². The Hall–Kier alpha value is -0.540. The minimum Gasteiger partial charge on any atom is -0.281 e. The third kappa shape index (κ3) is 3.48. The quantitative estimate of drug-likeness (QED) is 0.870. The van der Waals surface area contributed by atoms with Gasteiger partial charge in [-0.3, -0.25) is 4.72 Å². The summed E-state index contributed by atoms with van der Waals surface area (Å²) in [5.41, 5.74) is 0.0421. The number of hydrogen-bond donors (Lipinski definition) is 2. The van der Waals surface area contributed by atoms with Crippen molar-refractivity contribution in [1.82, 2.24) is 0 Å². The molecule has 0 radical (unpaired) electrons. The van der Waals surface area contributed by atoms with E-state index >= 15 is 0 Å². The van der Waals surface area contributed by atoms with E-state index in [1.165, 1.54) is 6.92 Å². The predicted octanol–water partition coefficient (Wildman–Crippen LogP) is 1.32. The summed E-state index contributed by atoms with van der Waals surface area (Å²) in [6, 6.07) is 1.05. The third-order valence-corrected chi connectivity index (χ3v) is 4.39. The summed E-state index contributed by atoms with van der Waals surface area (Å²) in [5.74, 6) is 0. The van der Waals surface area contributed by atoms with Gasteiger partial charge in [0.05, 0.1) is 26.9 Å². The van der Waals surface area contributed by atoms with Crippen molar-refractivity contribution in [3.8, 4) is 0 Å². The van der Waals surface area contributed by atoms with Gasteiger partial charge in [-0.05, 0) is 18.6 Å². The number of rotatable bonds is 3. The smallest absolute Gasteiger partial charge is 0.238 e. The lowest BCUT2D eigenvalue weighted by molar-refractivity contribution is 0.597. The molecule has 0 aromatic heterocycles. The fraction of sp³-hybridized carbons (Fsp3) is 0.250. The molecule has 1 rings (SSSR count). The van der Waals surface area contributed by atoms with Crippen molar-refractivity contribution < 1.29 is 16.8 Å². The van der Waals surface area contributed by atoms with Crippen LogP contribution in [0, 0.1) is 6.92 Å². The second-order valence-electron chi connectivity index (χ2n) is 3.59. The topological polar surface area (TPSA) is 106 Å². The normalized spacial score (nSPS) is 12.5. The maximum absolute atomic E-state index is 11.3. The first-order valence-electron chi connectivity index (χ1n) is 4.42. The molecule has 0 aliphatic carbocycles. The van der Waals surface area contributed by atoms with Crippen LogP contribution in [0.15, 0.2) is 11.0 Å². The molecule has 0 amide bonds. The van der Waals surface area contributed by atoms with Gasteiger partial charge >= 0.3 is 0 Å². The minimum absolute atomic E-state index is 0.0780. The average molecular weight is 333 g/mol. The van der Waals surface area contributed by atoms with E-state index in [9.17, 15) is 16.8 Å². The summed E-state index contributed by atoms with van der Waals surface area (Å²) < 4.78 is 46.9. The number of primary sulfonamides is 1. The number of nitrogens with two attached hydrogens (primary N) is 1. The number of benzene rings is 1. The van der Waals surface area contributed by atoms with Gasteiger partial charge in [-0.25, -0.2) is 22.0 Å². The summed E-state index contributed by atoms with van der Waals surface area (Å²) >= 11 is 11.7. The lowest BCUT2D eigenvalue weighted by Gasteiger charge is -2.13. The molecule has 0 spiro atoms. The zero-order chi connectivity index (χ0) is 14.3. The van der Waals surface area contributed by atoms with E-state index in [1.807, 2.05) is 0 Å². The average Bonchev–Trinajstić information content (AvgIpc) is 2.15. The highest BCUT2D eigenvalue weighted by molar-refractivity contribution is 7.92. The Balaban J connectivity index is 3.58. The summed E-state index contributed by atoms with van der Waals surface area (Å²) in [7, 11) is -7.57. The molecule has 18 heavy (non-hydrogen) atoms. The van der Waals surface area contributed by atoms with Crippen molar-refractivity contribution >= 4 is 48.9 Å². The highest BCUT2D eigenvalue weighted by Gasteiger charge is 2.21. The summed E-state index contributed by atoms with van der Waals surface area (Å²) in [6.45, 7) is 1.39. The molecule has 0 saturated heterocycles. The maximum atomic E-state index is 11.3. The Bertz CT molecular complexity index is 698. The number of anilines is 1. The molecule has 0 bridgehead atoms. The Kier molecular flexibility index (Phi) is 4.19. The largest absolute Gasteiger partial charge is 0.281 e. The Morgan fingerprint density at radius 2 is 1.72 bits per heavy atom. The van der Waals surface area contributed by atoms with Crippen LogP contribution in [-0.2, 0) is 20.0 Å². The molecule has 1 aromatic rings.